The molecule has 0 saturated heterocycles. The standard InChI is InChI=1S/C13H19N3/c1-5-13(4,6-2)16-12-8-11(9-14)7-10(3)15-12/h7-8H,5-6H2,1-4H3,(H,15,16). The topological polar surface area (TPSA) is 48.7 Å². The first-order valence-electron chi connectivity index (χ1n) is 5.70. The molecule has 0 unspecified atom stereocenters. The van der Waals surface area contributed by atoms with Crippen molar-refractivity contribution in [2.75, 3.05) is 5.32 Å². The molecule has 0 aliphatic carbocycles. The Kier molecular flexibility index (Phi) is 3.89. The van der Waals surface area contributed by atoms with Crippen molar-refractivity contribution in [1.29, 1.82) is 5.26 Å². The van der Waals surface area contributed by atoms with Crippen molar-refractivity contribution >= 4 is 5.82 Å². The SMILES string of the molecule is CCC(C)(CC)Nc1cc(C#N)cc(C)n1. The molecule has 0 spiro atoms. The number of nitriles is 1. The molecule has 16 heavy (non-hydrogen) atoms. The van der Waals surface area contributed by atoms with Gasteiger partial charge < -0.3 is 5.32 Å². The monoisotopic (exact) mass is 217 g/mol. The number of anilines is 1. The molecule has 0 amide bonds. The third-order valence-corrected chi connectivity index (χ3v) is 3.07. The molecule has 0 radical (unpaired) electrons. The lowest BCUT2D eigenvalue weighted by Gasteiger charge is -2.29. The predicted octanol–water partition coefficient (Wildman–Crippen LogP) is 3.25. The van der Waals surface area contributed by atoms with Crippen molar-refractivity contribution in [2.24, 2.45) is 0 Å². The summed E-state index contributed by atoms with van der Waals surface area (Å²) in [4.78, 5) is 4.40. The number of hydrogen-bond donors (Lipinski definition) is 1. The van der Waals surface area contributed by atoms with Gasteiger partial charge in [-0.25, -0.2) is 4.98 Å². The number of nitrogens with zero attached hydrogens (tertiary/aromatic N) is 2. The van der Waals surface area contributed by atoms with Crippen LogP contribution in [0.5, 0.6) is 0 Å². The van der Waals surface area contributed by atoms with E-state index in [0.717, 1.165) is 24.4 Å². The molecular weight excluding hydrogens is 198 g/mol. The van der Waals surface area contributed by atoms with Crippen molar-refractivity contribution < 1.29 is 0 Å². The normalized spacial score (nSPS) is 10.9. The number of hydrogen-bond acceptors (Lipinski definition) is 3. The van der Waals surface area contributed by atoms with Crippen LogP contribution in [0.4, 0.5) is 5.82 Å². The van der Waals surface area contributed by atoms with Gasteiger partial charge in [0.1, 0.15) is 5.82 Å². The molecule has 1 rings (SSSR count). The molecular formula is C13H19N3. The van der Waals surface area contributed by atoms with E-state index < -0.39 is 0 Å². The van der Waals surface area contributed by atoms with Crippen molar-refractivity contribution in [3.05, 3.63) is 23.4 Å². The molecule has 0 aliphatic heterocycles. The lowest BCUT2D eigenvalue weighted by molar-refractivity contribution is 0.476. The van der Waals surface area contributed by atoms with Crippen LogP contribution in [0.2, 0.25) is 0 Å². The maximum atomic E-state index is 8.89. The fourth-order valence-electron chi connectivity index (χ4n) is 1.53. The maximum Gasteiger partial charge on any atom is 0.127 e. The second-order valence-corrected chi connectivity index (χ2v) is 4.39. The highest BCUT2D eigenvalue weighted by atomic mass is 15.0. The first-order valence-corrected chi connectivity index (χ1v) is 5.70. The number of aromatic nitrogens is 1. The van der Waals surface area contributed by atoms with E-state index in [1.54, 1.807) is 12.1 Å². The van der Waals surface area contributed by atoms with Gasteiger partial charge in [0.2, 0.25) is 0 Å². The van der Waals surface area contributed by atoms with Gasteiger partial charge in [-0.3, -0.25) is 0 Å². The second kappa shape index (κ2) is 4.98. The summed E-state index contributed by atoms with van der Waals surface area (Å²) in [6.07, 6.45) is 2.06. The van der Waals surface area contributed by atoms with Gasteiger partial charge in [-0.05, 0) is 38.8 Å². The summed E-state index contributed by atoms with van der Waals surface area (Å²) in [5, 5.41) is 12.3. The molecule has 0 aromatic carbocycles. The molecule has 0 atom stereocenters. The van der Waals surface area contributed by atoms with Crippen LogP contribution in [0.15, 0.2) is 12.1 Å². The largest absolute Gasteiger partial charge is 0.365 e. The van der Waals surface area contributed by atoms with Crippen LogP contribution in [-0.4, -0.2) is 10.5 Å². The molecule has 0 aliphatic rings. The number of pyridine rings is 1. The summed E-state index contributed by atoms with van der Waals surface area (Å²) in [5.74, 6) is 0.794. The molecule has 3 nitrogen and oxygen atoms in total. The Morgan fingerprint density at radius 1 is 1.38 bits per heavy atom. The Morgan fingerprint density at radius 3 is 2.50 bits per heavy atom. The van der Waals surface area contributed by atoms with Gasteiger partial charge in [0.05, 0.1) is 11.6 Å². The van der Waals surface area contributed by atoms with E-state index in [4.69, 9.17) is 5.26 Å². The Morgan fingerprint density at radius 2 is 2.00 bits per heavy atom. The van der Waals surface area contributed by atoms with E-state index in [0.29, 0.717) is 5.56 Å². The molecule has 3 heteroatoms. The summed E-state index contributed by atoms with van der Waals surface area (Å²) in [6.45, 7) is 8.37. The molecule has 0 fully saturated rings. The van der Waals surface area contributed by atoms with E-state index >= 15 is 0 Å². The van der Waals surface area contributed by atoms with Gasteiger partial charge in [-0.1, -0.05) is 13.8 Å². The Hall–Kier alpha value is -1.56. The van der Waals surface area contributed by atoms with E-state index in [1.807, 2.05) is 6.92 Å². The van der Waals surface area contributed by atoms with Crippen molar-refractivity contribution in [3.8, 4) is 6.07 Å². The van der Waals surface area contributed by atoms with Gasteiger partial charge in [-0.15, -0.1) is 0 Å². The highest BCUT2D eigenvalue weighted by molar-refractivity contribution is 5.45. The van der Waals surface area contributed by atoms with Crippen molar-refractivity contribution in [1.82, 2.24) is 4.98 Å². The Labute approximate surface area is 97.5 Å². The quantitative estimate of drug-likeness (QED) is 0.842. The van der Waals surface area contributed by atoms with Crippen molar-refractivity contribution in [2.45, 2.75) is 46.1 Å². The van der Waals surface area contributed by atoms with Gasteiger partial charge in [0.15, 0.2) is 0 Å². The first-order chi connectivity index (χ1) is 7.53. The number of rotatable bonds is 4. The zero-order valence-electron chi connectivity index (χ0n) is 10.5. The van der Waals surface area contributed by atoms with Gasteiger partial charge in [-0.2, -0.15) is 5.26 Å². The molecule has 1 aromatic rings. The summed E-state index contributed by atoms with van der Waals surface area (Å²) in [5.41, 5.74) is 1.58. The maximum absolute atomic E-state index is 8.89. The van der Waals surface area contributed by atoms with Gasteiger partial charge >= 0.3 is 0 Å². The molecule has 86 valence electrons. The smallest absolute Gasteiger partial charge is 0.127 e. The highest BCUT2D eigenvalue weighted by Crippen LogP contribution is 2.21. The number of nitrogens with one attached hydrogen (secondary N) is 1. The average Bonchev–Trinajstić information content (AvgIpc) is 2.28. The van der Waals surface area contributed by atoms with Crippen LogP contribution < -0.4 is 5.32 Å². The van der Waals surface area contributed by atoms with Crippen LogP contribution in [0.1, 0.15) is 44.9 Å². The minimum Gasteiger partial charge on any atom is -0.365 e. The van der Waals surface area contributed by atoms with Crippen LogP contribution in [0, 0.1) is 18.3 Å². The van der Waals surface area contributed by atoms with Crippen LogP contribution in [0.3, 0.4) is 0 Å². The van der Waals surface area contributed by atoms with Crippen LogP contribution in [0.25, 0.3) is 0 Å². The zero-order valence-corrected chi connectivity index (χ0v) is 10.5. The summed E-state index contributed by atoms with van der Waals surface area (Å²) in [7, 11) is 0. The van der Waals surface area contributed by atoms with Gasteiger partial charge in [0.25, 0.3) is 0 Å². The van der Waals surface area contributed by atoms with E-state index in [2.05, 4.69) is 37.1 Å². The summed E-state index contributed by atoms with van der Waals surface area (Å²) < 4.78 is 0. The zero-order chi connectivity index (χ0) is 12.2. The van der Waals surface area contributed by atoms with Crippen LogP contribution >= 0.6 is 0 Å². The molecule has 1 aromatic heterocycles. The lowest BCUT2D eigenvalue weighted by atomic mass is 9.95. The third kappa shape index (κ3) is 2.96. The minimum absolute atomic E-state index is 0.0491. The molecule has 1 N–H and O–H groups in total. The van der Waals surface area contributed by atoms with Crippen molar-refractivity contribution in [3.63, 3.8) is 0 Å². The lowest BCUT2D eigenvalue weighted by Crippen LogP contribution is -2.33. The van der Waals surface area contributed by atoms with E-state index in [-0.39, 0.29) is 5.54 Å². The third-order valence-electron chi connectivity index (χ3n) is 3.07. The average molecular weight is 217 g/mol. The molecule has 0 saturated carbocycles. The summed E-state index contributed by atoms with van der Waals surface area (Å²) in [6, 6.07) is 5.74. The fourth-order valence-corrected chi connectivity index (χ4v) is 1.53. The Balaban J connectivity index is 2.97. The Bertz CT molecular complexity index is 400. The first kappa shape index (κ1) is 12.5. The van der Waals surface area contributed by atoms with E-state index in [9.17, 15) is 0 Å². The molecule has 0 bridgehead atoms. The molecule has 1 heterocycles. The highest BCUT2D eigenvalue weighted by Gasteiger charge is 2.19. The fraction of sp³-hybridized carbons (Fsp3) is 0.538. The van der Waals surface area contributed by atoms with E-state index in [1.165, 1.54) is 0 Å². The predicted molar refractivity (Wildman–Crippen MR) is 66.3 cm³/mol. The minimum atomic E-state index is 0.0491. The number of aryl methyl sites for hydroxylation is 1. The second-order valence-electron chi connectivity index (χ2n) is 4.39. The van der Waals surface area contributed by atoms with Crippen LogP contribution in [-0.2, 0) is 0 Å². The summed E-state index contributed by atoms with van der Waals surface area (Å²) >= 11 is 0. The van der Waals surface area contributed by atoms with Gasteiger partial charge in [0, 0.05) is 11.2 Å².